The Morgan fingerprint density at radius 2 is 2.19 bits per heavy atom. The second-order valence-electron chi connectivity index (χ2n) is 6.19. The van der Waals surface area contributed by atoms with Gasteiger partial charge in [0.25, 0.3) is 0 Å². The topological polar surface area (TPSA) is 89.5 Å². The summed E-state index contributed by atoms with van der Waals surface area (Å²) in [5.41, 5.74) is 0. The lowest BCUT2D eigenvalue weighted by molar-refractivity contribution is -0.114. The largest absolute Gasteiger partial charge is 0.478 e. The summed E-state index contributed by atoms with van der Waals surface area (Å²) in [4.78, 5) is 27.0. The molecule has 1 aliphatic heterocycles. The Bertz CT molecular complexity index is 754. The van der Waals surface area contributed by atoms with Crippen molar-refractivity contribution in [2.24, 2.45) is 0 Å². The van der Waals surface area contributed by atoms with Crippen LogP contribution in [0.4, 0.5) is 5.13 Å². The van der Waals surface area contributed by atoms with Gasteiger partial charge >= 0.3 is 0 Å². The number of nitrogens with one attached hydrogen (secondary N) is 1. The van der Waals surface area contributed by atoms with E-state index in [-0.39, 0.29) is 12.0 Å². The third kappa shape index (κ3) is 4.89. The number of aromatic nitrogens is 3. The summed E-state index contributed by atoms with van der Waals surface area (Å²) in [6.07, 6.45) is 4.26. The molecule has 2 aromatic heterocycles. The standard InChI is InChI=1S/C17H23N5O3S/c1-4-24-15-6-16(20-10-19-15)25-13-5-11(2)22(8-13)9-14-7-18-17(26-14)21-12(3)23/h6-7,10-11,13H,4-5,8-9H2,1-3H3,(H,18,21,23)/t11-,13?/m0/s1. The summed E-state index contributed by atoms with van der Waals surface area (Å²) in [5, 5.41) is 3.35. The Morgan fingerprint density at radius 1 is 1.38 bits per heavy atom. The molecule has 1 N–H and O–H groups in total. The first-order valence-electron chi connectivity index (χ1n) is 8.61. The van der Waals surface area contributed by atoms with Crippen molar-refractivity contribution in [3.05, 3.63) is 23.5 Å². The predicted molar refractivity (Wildman–Crippen MR) is 98.5 cm³/mol. The number of carbonyl (C=O) groups excluding carboxylic acids is 1. The van der Waals surface area contributed by atoms with Crippen molar-refractivity contribution >= 4 is 22.4 Å². The van der Waals surface area contributed by atoms with E-state index in [9.17, 15) is 4.79 Å². The molecule has 1 unspecified atom stereocenters. The van der Waals surface area contributed by atoms with Gasteiger partial charge in [0, 0.05) is 43.5 Å². The number of ether oxygens (including phenoxy) is 2. The molecule has 0 radical (unpaired) electrons. The van der Waals surface area contributed by atoms with E-state index in [2.05, 4.69) is 32.1 Å². The summed E-state index contributed by atoms with van der Waals surface area (Å²) in [6, 6.07) is 2.11. The SMILES string of the molecule is CCOc1cc(OC2C[C@H](C)N(Cc3cnc(NC(C)=O)s3)C2)ncn1. The fourth-order valence-electron chi connectivity index (χ4n) is 2.93. The second-order valence-corrected chi connectivity index (χ2v) is 7.31. The lowest BCUT2D eigenvalue weighted by Crippen LogP contribution is -2.27. The van der Waals surface area contributed by atoms with Crippen molar-refractivity contribution in [2.75, 3.05) is 18.5 Å². The first kappa shape index (κ1) is 18.5. The van der Waals surface area contributed by atoms with Crippen LogP contribution < -0.4 is 14.8 Å². The van der Waals surface area contributed by atoms with E-state index in [4.69, 9.17) is 9.47 Å². The number of anilines is 1. The van der Waals surface area contributed by atoms with Crippen LogP contribution in [0, 0.1) is 0 Å². The Labute approximate surface area is 156 Å². The molecule has 1 saturated heterocycles. The first-order valence-corrected chi connectivity index (χ1v) is 9.43. The van der Waals surface area contributed by atoms with Gasteiger partial charge in [-0.3, -0.25) is 9.69 Å². The van der Waals surface area contributed by atoms with Crippen LogP contribution >= 0.6 is 11.3 Å². The summed E-state index contributed by atoms with van der Waals surface area (Å²) in [5.74, 6) is 0.953. The number of hydrogen-bond donors (Lipinski definition) is 1. The fraction of sp³-hybridized carbons (Fsp3) is 0.529. The van der Waals surface area contributed by atoms with Crippen molar-refractivity contribution in [3.63, 3.8) is 0 Å². The Morgan fingerprint density at radius 3 is 2.96 bits per heavy atom. The van der Waals surface area contributed by atoms with Gasteiger partial charge in [0.2, 0.25) is 17.7 Å². The maximum atomic E-state index is 11.1. The minimum Gasteiger partial charge on any atom is -0.478 e. The van der Waals surface area contributed by atoms with Gasteiger partial charge in [0.05, 0.1) is 12.7 Å². The maximum absolute atomic E-state index is 11.1. The molecule has 0 spiro atoms. The minimum absolute atomic E-state index is 0.0668. The van der Waals surface area contributed by atoms with E-state index in [0.717, 1.165) is 24.4 Å². The zero-order valence-electron chi connectivity index (χ0n) is 15.1. The van der Waals surface area contributed by atoms with Crippen molar-refractivity contribution < 1.29 is 14.3 Å². The second kappa shape index (κ2) is 8.41. The number of amides is 1. The van der Waals surface area contributed by atoms with E-state index < -0.39 is 0 Å². The van der Waals surface area contributed by atoms with Crippen LogP contribution in [0.15, 0.2) is 18.6 Å². The van der Waals surface area contributed by atoms with Crippen LogP contribution in [0.5, 0.6) is 11.8 Å². The number of nitrogens with zero attached hydrogens (tertiary/aromatic N) is 4. The molecular weight excluding hydrogens is 354 g/mol. The molecule has 2 aromatic rings. The molecule has 1 fully saturated rings. The van der Waals surface area contributed by atoms with Crippen molar-refractivity contribution in [2.45, 2.75) is 45.9 Å². The van der Waals surface area contributed by atoms with E-state index in [1.54, 1.807) is 6.07 Å². The Balaban J connectivity index is 1.56. The van der Waals surface area contributed by atoms with Gasteiger partial charge in [0.1, 0.15) is 12.4 Å². The third-order valence-corrected chi connectivity index (χ3v) is 4.96. The van der Waals surface area contributed by atoms with Gasteiger partial charge in [-0.25, -0.2) is 15.0 Å². The highest BCUT2D eigenvalue weighted by molar-refractivity contribution is 7.15. The number of hydrogen-bond acceptors (Lipinski definition) is 8. The van der Waals surface area contributed by atoms with Crippen LogP contribution in [-0.2, 0) is 11.3 Å². The van der Waals surface area contributed by atoms with Crippen molar-refractivity contribution in [1.29, 1.82) is 0 Å². The minimum atomic E-state index is -0.106. The van der Waals surface area contributed by atoms with Gasteiger partial charge in [-0.1, -0.05) is 0 Å². The molecule has 9 heteroatoms. The highest BCUT2D eigenvalue weighted by Crippen LogP contribution is 2.27. The van der Waals surface area contributed by atoms with Gasteiger partial charge in [-0.2, -0.15) is 0 Å². The zero-order chi connectivity index (χ0) is 18.5. The normalized spacial score (nSPS) is 20.1. The molecule has 2 atom stereocenters. The molecule has 8 nitrogen and oxygen atoms in total. The van der Waals surface area contributed by atoms with Gasteiger partial charge in [-0.15, -0.1) is 11.3 Å². The summed E-state index contributed by atoms with van der Waals surface area (Å²) < 4.78 is 11.4. The molecule has 0 saturated carbocycles. The molecule has 1 aliphatic rings. The van der Waals surface area contributed by atoms with Gasteiger partial charge in [-0.05, 0) is 13.8 Å². The quantitative estimate of drug-likeness (QED) is 0.792. The van der Waals surface area contributed by atoms with Crippen LogP contribution in [-0.4, -0.2) is 51.1 Å². The molecule has 0 aliphatic carbocycles. The molecule has 26 heavy (non-hydrogen) atoms. The highest BCUT2D eigenvalue weighted by Gasteiger charge is 2.31. The maximum Gasteiger partial charge on any atom is 0.223 e. The monoisotopic (exact) mass is 377 g/mol. The fourth-order valence-corrected chi connectivity index (χ4v) is 3.81. The Hall–Kier alpha value is -2.26. The van der Waals surface area contributed by atoms with Gasteiger partial charge in [0.15, 0.2) is 5.13 Å². The number of likely N-dealkylation sites (tertiary alicyclic amines) is 1. The van der Waals surface area contributed by atoms with E-state index in [1.807, 2.05) is 13.1 Å². The molecule has 3 heterocycles. The first-order chi connectivity index (χ1) is 12.5. The third-order valence-electron chi connectivity index (χ3n) is 4.06. The lowest BCUT2D eigenvalue weighted by atomic mass is 10.2. The number of thiazole rings is 1. The summed E-state index contributed by atoms with van der Waals surface area (Å²) in [7, 11) is 0. The number of rotatable bonds is 7. The summed E-state index contributed by atoms with van der Waals surface area (Å²) in [6.45, 7) is 7.73. The molecule has 3 rings (SSSR count). The van der Waals surface area contributed by atoms with E-state index in [0.29, 0.717) is 29.5 Å². The molecule has 1 amide bonds. The average molecular weight is 377 g/mol. The van der Waals surface area contributed by atoms with E-state index in [1.165, 1.54) is 24.6 Å². The van der Waals surface area contributed by atoms with Crippen LogP contribution in [0.2, 0.25) is 0 Å². The number of carbonyl (C=O) groups is 1. The van der Waals surface area contributed by atoms with E-state index >= 15 is 0 Å². The molecule has 140 valence electrons. The van der Waals surface area contributed by atoms with Crippen molar-refractivity contribution in [1.82, 2.24) is 19.9 Å². The predicted octanol–water partition coefficient (Wildman–Crippen LogP) is 2.33. The highest BCUT2D eigenvalue weighted by atomic mass is 32.1. The van der Waals surface area contributed by atoms with Crippen LogP contribution in [0.25, 0.3) is 0 Å². The summed E-state index contributed by atoms with van der Waals surface area (Å²) >= 11 is 1.50. The van der Waals surface area contributed by atoms with Crippen LogP contribution in [0.1, 0.15) is 32.1 Å². The molecule has 0 aromatic carbocycles. The zero-order valence-corrected chi connectivity index (χ0v) is 16.0. The molecular formula is C17H23N5O3S. The van der Waals surface area contributed by atoms with Crippen LogP contribution in [0.3, 0.4) is 0 Å². The smallest absolute Gasteiger partial charge is 0.223 e. The van der Waals surface area contributed by atoms with Crippen molar-refractivity contribution in [3.8, 4) is 11.8 Å². The van der Waals surface area contributed by atoms with Gasteiger partial charge < -0.3 is 14.8 Å². The Kier molecular flexibility index (Phi) is 6.00. The lowest BCUT2D eigenvalue weighted by Gasteiger charge is -2.19. The molecule has 0 bridgehead atoms. The average Bonchev–Trinajstić information content (AvgIpc) is 3.14.